The molecule has 0 spiro atoms. The summed E-state index contributed by atoms with van der Waals surface area (Å²) < 4.78 is 5.02. The number of benzene rings is 1. The molecule has 0 radical (unpaired) electrons. The highest BCUT2D eigenvalue weighted by molar-refractivity contribution is 5.94. The van der Waals surface area contributed by atoms with Gasteiger partial charge >= 0.3 is 5.97 Å². The molecule has 0 aliphatic heterocycles. The van der Waals surface area contributed by atoms with E-state index in [2.05, 4.69) is 20.5 Å². The summed E-state index contributed by atoms with van der Waals surface area (Å²) in [5.74, 6) is -0.0433. The minimum atomic E-state index is -0.457. The van der Waals surface area contributed by atoms with Crippen LogP contribution in [0.2, 0.25) is 0 Å². The summed E-state index contributed by atoms with van der Waals surface area (Å²) in [6.07, 6.45) is 5.54. The van der Waals surface area contributed by atoms with Gasteiger partial charge in [-0.05, 0) is 23.1 Å². The molecular weight excluding hydrogens is 344 g/mol. The first kappa shape index (κ1) is 18.6. The number of H-pyrrole nitrogens is 1. The highest BCUT2D eigenvalue weighted by atomic mass is 16.5. The summed E-state index contributed by atoms with van der Waals surface area (Å²) in [6.45, 7) is 5.29. The number of nitrogens with zero attached hydrogens (tertiary/aromatic N) is 2. The van der Waals surface area contributed by atoms with Crippen LogP contribution in [0.3, 0.4) is 0 Å². The number of pyridine rings is 1. The molecule has 2 N–H and O–H groups in total. The molecule has 0 bridgehead atoms. The number of hydrogen-bond donors (Lipinski definition) is 2. The van der Waals surface area contributed by atoms with E-state index in [0.29, 0.717) is 5.82 Å². The molecule has 0 aliphatic rings. The zero-order valence-electron chi connectivity index (χ0n) is 15.6. The van der Waals surface area contributed by atoms with Gasteiger partial charge in [0.05, 0.1) is 12.8 Å². The molecule has 2 heterocycles. The Balaban J connectivity index is 1.72. The Morgan fingerprint density at radius 2 is 1.96 bits per heavy atom. The van der Waals surface area contributed by atoms with E-state index in [0.717, 1.165) is 21.9 Å². The highest BCUT2D eigenvalue weighted by Crippen LogP contribution is 2.26. The van der Waals surface area contributed by atoms with Crippen molar-refractivity contribution in [2.75, 3.05) is 11.9 Å². The third kappa shape index (κ3) is 4.91. The van der Waals surface area contributed by atoms with Gasteiger partial charge in [0.25, 0.3) is 0 Å². The normalized spacial score (nSPS) is 11.4. The molecule has 0 saturated heterocycles. The van der Waals surface area contributed by atoms with Crippen molar-refractivity contribution in [2.24, 2.45) is 5.41 Å². The second kappa shape index (κ2) is 7.57. The summed E-state index contributed by atoms with van der Waals surface area (Å²) >= 11 is 0. The summed E-state index contributed by atoms with van der Waals surface area (Å²) in [7, 11) is 0. The number of fused-ring (bicyclic) bond motifs is 1. The molecule has 7 heteroatoms. The molecule has 0 atom stereocenters. The van der Waals surface area contributed by atoms with Crippen LogP contribution in [0.4, 0.5) is 5.82 Å². The Bertz CT molecular complexity index is 965. The van der Waals surface area contributed by atoms with Crippen molar-refractivity contribution >= 4 is 28.5 Å². The first-order valence-corrected chi connectivity index (χ1v) is 8.65. The Kier molecular flexibility index (Phi) is 5.21. The van der Waals surface area contributed by atoms with Gasteiger partial charge in [-0.2, -0.15) is 5.10 Å². The fourth-order valence-corrected chi connectivity index (χ4v) is 2.77. The van der Waals surface area contributed by atoms with E-state index in [9.17, 15) is 9.59 Å². The molecule has 27 heavy (non-hydrogen) atoms. The van der Waals surface area contributed by atoms with Crippen molar-refractivity contribution in [2.45, 2.75) is 27.2 Å². The molecule has 0 fully saturated rings. The van der Waals surface area contributed by atoms with E-state index >= 15 is 0 Å². The number of aromatic amines is 1. The number of esters is 1. The van der Waals surface area contributed by atoms with Crippen molar-refractivity contribution in [3.63, 3.8) is 0 Å². The number of aromatic nitrogens is 3. The number of anilines is 1. The highest BCUT2D eigenvalue weighted by Gasteiger charge is 2.24. The lowest BCUT2D eigenvalue weighted by atomic mass is 9.90. The SMILES string of the molecule is CC(=O)OCC(C)(C)CC(=O)Nc1cc2cc(-c3cn[nH]c3)ccc2cn1. The Hall–Kier alpha value is -3.22. The number of rotatable bonds is 6. The van der Waals surface area contributed by atoms with Gasteiger partial charge in [-0.1, -0.05) is 26.0 Å². The molecule has 1 amide bonds. The molecule has 0 unspecified atom stereocenters. The maximum atomic E-state index is 12.4. The first-order valence-electron chi connectivity index (χ1n) is 8.65. The molecule has 3 aromatic rings. The monoisotopic (exact) mass is 366 g/mol. The van der Waals surface area contributed by atoms with Crippen LogP contribution in [0.1, 0.15) is 27.2 Å². The standard InChI is InChI=1S/C20H22N4O3/c1-13(25)27-12-20(2,3)8-19(26)24-18-7-16-6-14(17-10-22-23-11-17)4-5-15(16)9-21-18/h4-7,9-11H,8,12H2,1-3H3,(H,22,23)(H,21,24,26). The topological polar surface area (TPSA) is 97.0 Å². The Morgan fingerprint density at radius 3 is 2.67 bits per heavy atom. The van der Waals surface area contributed by atoms with Crippen LogP contribution in [0.5, 0.6) is 0 Å². The van der Waals surface area contributed by atoms with Crippen molar-refractivity contribution in [3.05, 3.63) is 42.9 Å². The van der Waals surface area contributed by atoms with Crippen LogP contribution in [-0.4, -0.2) is 33.7 Å². The van der Waals surface area contributed by atoms with Gasteiger partial charge in [0.2, 0.25) is 5.91 Å². The van der Waals surface area contributed by atoms with E-state index in [1.165, 1.54) is 6.92 Å². The summed E-state index contributed by atoms with van der Waals surface area (Å²) in [4.78, 5) is 27.6. The van der Waals surface area contributed by atoms with Crippen molar-refractivity contribution in [3.8, 4) is 11.1 Å². The molecule has 0 aliphatic carbocycles. The zero-order chi connectivity index (χ0) is 19.4. The van der Waals surface area contributed by atoms with Crippen molar-refractivity contribution in [1.29, 1.82) is 0 Å². The van der Waals surface area contributed by atoms with Crippen LogP contribution in [0.25, 0.3) is 21.9 Å². The molecule has 2 aromatic heterocycles. The molecule has 0 saturated carbocycles. The largest absolute Gasteiger partial charge is 0.465 e. The van der Waals surface area contributed by atoms with Crippen molar-refractivity contribution < 1.29 is 14.3 Å². The number of ether oxygens (including phenoxy) is 1. The molecular formula is C20H22N4O3. The lowest BCUT2D eigenvalue weighted by Gasteiger charge is -2.23. The lowest BCUT2D eigenvalue weighted by Crippen LogP contribution is -2.27. The average molecular weight is 366 g/mol. The molecule has 3 rings (SSSR count). The Morgan fingerprint density at radius 1 is 1.15 bits per heavy atom. The predicted octanol–water partition coefficient (Wildman–Crippen LogP) is 3.54. The van der Waals surface area contributed by atoms with Crippen molar-refractivity contribution in [1.82, 2.24) is 15.2 Å². The maximum Gasteiger partial charge on any atom is 0.302 e. The number of amides is 1. The van der Waals surface area contributed by atoms with E-state index in [4.69, 9.17) is 4.74 Å². The van der Waals surface area contributed by atoms with E-state index < -0.39 is 5.41 Å². The predicted molar refractivity (Wildman–Crippen MR) is 103 cm³/mol. The van der Waals surface area contributed by atoms with Crippen LogP contribution in [0, 0.1) is 5.41 Å². The summed E-state index contributed by atoms with van der Waals surface area (Å²) in [6, 6.07) is 7.86. The number of carbonyl (C=O) groups is 2. The summed E-state index contributed by atoms with van der Waals surface area (Å²) in [5.41, 5.74) is 1.56. The van der Waals surface area contributed by atoms with Crippen LogP contribution in [-0.2, 0) is 14.3 Å². The average Bonchev–Trinajstić information content (AvgIpc) is 3.13. The first-order chi connectivity index (χ1) is 12.8. The van der Waals surface area contributed by atoms with E-state index in [1.807, 2.05) is 44.3 Å². The molecule has 140 valence electrons. The third-order valence-corrected chi connectivity index (χ3v) is 4.13. The second-order valence-corrected chi connectivity index (χ2v) is 7.29. The number of nitrogens with one attached hydrogen (secondary N) is 2. The third-order valence-electron chi connectivity index (χ3n) is 4.13. The fraction of sp³-hybridized carbons (Fsp3) is 0.300. The quantitative estimate of drug-likeness (QED) is 0.650. The summed E-state index contributed by atoms with van der Waals surface area (Å²) in [5, 5.41) is 11.5. The van der Waals surface area contributed by atoms with Crippen LogP contribution in [0.15, 0.2) is 42.9 Å². The minimum absolute atomic E-state index is 0.176. The lowest BCUT2D eigenvalue weighted by molar-refractivity contribution is -0.144. The fourth-order valence-electron chi connectivity index (χ4n) is 2.77. The molecule has 7 nitrogen and oxygen atoms in total. The van der Waals surface area contributed by atoms with Gasteiger partial charge in [0.1, 0.15) is 5.82 Å². The van der Waals surface area contributed by atoms with Crippen LogP contribution < -0.4 is 5.32 Å². The minimum Gasteiger partial charge on any atom is -0.465 e. The Labute approximate surface area is 157 Å². The van der Waals surface area contributed by atoms with Gasteiger partial charge in [-0.15, -0.1) is 0 Å². The smallest absolute Gasteiger partial charge is 0.302 e. The van der Waals surface area contributed by atoms with Gasteiger partial charge in [-0.25, -0.2) is 4.98 Å². The van der Waals surface area contributed by atoms with E-state index in [-0.39, 0.29) is 24.9 Å². The zero-order valence-corrected chi connectivity index (χ0v) is 15.6. The van der Waals surface area contributed by atoms with Crippen LogP contribution >= 0.6 is 0 Å². The maximum absolute atomic E-state index is 12.4. The number of hydrogen-bond acceptors (Lipinski definition) is 5. The number of carbonyl (C=O) groups excluding carboxylic acids is 2. The van der Waals surface area contributed by atoms with Gasteiger partial charge in [-0.3, -0.25) is 14.7 Å². The van der Waals surface area contributed by atoms with Gasteiger partial charge in [0, 0.05) is 42.1 Å². The second-order valence-electron chi connectivity index (χ2n) is 7.29. The van der Waals surface area contributed by atoms with Gasteiger partial charge < -0.3 is 10.1 Å². The van der Waals surface area contributed by atoms with Gasteiger partial charge in [0.15, 0.2) is 0 Å². The van der Waals surface area contributed by atoms with E-state index in [1.54, 1.807) is 12.4 Å². The molecule has 1 aromatic carbocycles.